The monoisotopic (exact) mass is 331 g/mol. The number of anilines is 1. The quantitative estimate of drug-likeness (QED) is 0.704. The highest BCUT2D eigenvalue weighted by Gasteiger charge is 2.37. The zero-order valence-corrected chi connectivity index (χ0v) is 12.2. The minimum atomic E-state index is -4.37. The van der Waals surface area contributed by atoms with Gasteiger partial charge < -0.3 is 5.32 Å². The predicted molar refractivity (Wildman–Crippen MR) is 78.0 cm³/mol. The van der Waals surface area contributed by atoms with Crippen molar-refractivity contribution in [1.82, 2.24) is 0 Å². The molecule has 0 aromatic heterocycles. The number of alkyl halides is 3. The Morgan fingerprint density at radius 1 is 1.05 bits per heavy atom. The third-order valence-electron chi connectivity index (χ3n) is 3.54. The molecule has 1 aliphatic heterocycles. The first-order chi connectivity index (χ1) is 9.86. The van der Waals surface area contributed by atoms with Crippen molar-refractivity contribution in [1.29, 1.82) is 0 Å². The standard InChI is InChI=1S/C15H10Cl2F3N/c16-11-5-4-8(6-12(11)17)13-7-9-2-1-3-10(14(9)21-13)15(18,19)20/h1-6,13,21H,7H2. The molecule has 0 amide bonds. The molecule has 1 unspecified atom stereocenters. The zero-order chi connectivity index (χ0) is 15.2. The Morgan fingerprint density at radius 3 is 2.48 bits per heavy atom. The third-order valence-corrected chi connectivity index (χ3v) is 4.28. The molecule has 0 fully saturated rings. The molecule has 1 atom stereocenters. The molecule has 2 aromatic carbocycles. The first-order valence-corrected chi connectivity index (χ1v) is 7.02. The van der Waals surface area contributed by atoms with Gasteiger partial charge in [0.05, 0.1) is 27.3 Å². The number of fused-ring (bicyclic) bond motifs is 1. The lowest BCUT2D eigenvalue weighted by atomic mass is 10.0. The van der Waals surface area contributed by atoms with E-state index in [1.54, 1.807) is 24.3 Å². The van der Waals surface area contributed by atoms with E-state index in [1.807, 2.05) is 0 Å². The molecule has 6 heteroatoms. The van der Waals surface area contributed by atoms with E-state index in [0.717, 1.165) is 11.6 Å². The van der Waals surface area contributed by atoms with E-state index in [-0.39, 0.29) is 11.7 Å². The van der Waals surface area contributed by atoms with Gasteiger partial charge in [-0.1, -0.05) is 41.4 Å². The molecule has 0 saturated heterocycles. The molecule has 0 aliphatic carbocycles. The highest BCUT2D eigenvalue weighted by Crippen LogP contribution is 2.43. The molecule has 1 nitrogen and oxygen atoms in total. The van der Waals surface area contributed by atoms with E-state index in [2.05, 4.69) is 5.32 Å². The van der Waals surface area contributed by atoms with Crippen LogP contribution in [0.2, 0.25) is 10.0 Å². The summed E-state index contributed by atoms with van der Waals surface area (Å²) in [7, 11) is 0. The number of hydrogen-bond acceptors (Lipinski definition) is 1. The van der Waals surface area contributed by atoms with Gasteiger partial charge in [-0.05, 0) is 35.7 Å². The van der Waals surface area contributed by atoms with Crippen LogP contribution in [0, 0.1) is 0 Å². The summed E-state index contributed by atoms with van der Waals surface area (Å²) in [4.78, 5) is 0. The average Bonchev–Trinajstić information content (AvgIpc) is 2.84. The topological polar surface area (TPSA) is 12.0 Å². The van der Waals surface area contributed by atoms with Gasteiger partial charge in [-0.15, -0.1) is 0 Å². The second-order valence-corrected chi connectivity index (χ2v) is 5.73. The number of rotatable bonds is 1. The summed E-state index contributed by atoms with van der Waals surface area (Å²) in [6.45, 7) is 0. The van der Waals surface area contributed by atoms with Crippen LogP contribution < -0.4 is 5.32 Å². The van der Waals surface area contributed by atoms with Crippen molar-refractivity contribution in [2.24, 2.45) is 0 Å². The normalized spacial score (nSPS) is 17.5. The lowest BCUT2D eigenvalue weighted by molar-refractivity contribution is -0.136. The highest BCUT2D eigenvalue weighted by molar-refractivity contribution is 6.42. The molecular formula is C15H10Cl2F3N. The van der Waals surface area contributed by atoms with Crippen LogP contribution in [-0.4, -0.2) is 0 Å². The molecule has 1 aliphatic rings. The second kappa shape index (κ2) is 5.11. The smallest absolute Gasteiger partial charge is 0.377 e. The van der Waals surface area contributed by atoms with Crippen LogP contribution in [0.4, 0.5) is 18.9 Å². The van der Waals surface area contributed by atoms with E-state index in [0.29, 0.717) is 22.0 Å². The van der Waals surface area contributed by atoms with E-state index >= 15 is 0 Å². The Bertz CT molecular complexity index is 698. The highest BCUT2D eigenvalue weighted by atomic mass is 35.5. The SMILES string of the molecule is FC(F)(F)c1cccc2c1NC(c1ccc(Cl)c(Cl)c1)C2. The van der Waals surface area contributed by atoms with E-state index in [1.165, 1.54) is 6.07 Å². The summed E-state index contributed by atoms with van der Waals surface area (Å²) in [5.74, 6) is 0. The number of hydrogen-bond donors (Lipinski definition) is 1. The summed E-state index contributed by atoms with van der Waals surface area (Å²) >= 11 is 11.8. The van der Waals surface area contributed by atoms with Crippen molar-refractivity contribution in [3.05, 3.63) is 63.1 Å². The maximum Gasteiger partial charge on any atom is 0.418 e. The molecule has 0 bridgehead atoms. The molecule has 1 N–H and O–H groups in total. The van der Waals surface area contributed by atoms with Crippen molar-refractivity contribution in [2.75, 3.05) is 5.32 Å². The van der Waals surface area contributed by atoms with Gasteiger partial charge >= 0.3 is 6.18 Å². The van der Waals surface area contributed by atoms with Crippen molar-refractivity contribution in [3.8, 4) is 0 Å². The predicted octanol–water partition coefficient (Wildman–Crippen LogP) is 5.72. The molecule has 110 valence electrons. The van der Waals surface area contributed by atoms with Crippen LogP contribution in [0.5, 0.6) is 0 Å². The van der Waals surface area contributed by atoms with Gasteiger partial charge in [0.2, 0.25) is 0 Å². The van der Waals surface area contributed by atoms with Gasteiger partial charge in [0.15, 0.2) is 0 Å². The van der Waals surface area contributed by atoms with Crippen LogP contribution in [0.1, 0.15) is 22.7 Å². The number of para-hydroxylation sites is 1. The largest absolute Gasteiger partial charge is 0.418 e. The van der Waals surface area contributed by atoms with E-state index in [9.17, 15) is 13.2 Å². The minimum absolute atomic E-state index is 0.154. The fourth-order valence-corrected chi connectivity index (χ4v) is 2.86. The zero-order valence-electron chi connectivity index (χ0n) is 10.6. The summed E-state index contributed by atoms with van der Waals surface area (Å²) < 4.78 is 39.0. The molecular weight excluding hydrogens is 322 g/mol. The fourth-order valence-electron chi connectivity index (χ4n) is 2.55. The van der Waals surface area contributed by atoms with Gasteiger partial charge in [0.1, 0.15) is 0 Å². The molecule has 1 heterocycles. The van der Waals surface area contributed by atoms with Crippen molar-refractivity contribution < 1.29 is 13.2 Å². The summed E-state index contributed by atoms with van der Waals surface area (Å²) in [6, 6.07) is 9.08. The number of benzene rings is 2. The molecule has 3 rings (SSSR count). The maximum absolute atomic E-state index is 13.0. The summed E-state index contributed by atoms with van der Waals surface area (Å²) in [6.07, 6.45) is -3.89. The average molecular weight is 332 g/mol. The lowest BCUT2D eigenvalue weighted by Gasteiger charge is -2.15. The molecule has 0 saturated carbocycles. The first kappa shape index (κ1) is 14.5. The molecule has 21 heavy (non-hydrogen) atoms. The molecule has 0 radical (unpaired) electrons. The lowest BCUT2D eigenvalue weighted by Crippen LogP contribution is -2.10. The Balaban J connectivity index is 1.96. The van der Waals surface area contributed by atoms with Crippen LogP contribution in [0.15, 0.2) is 36.4 Å². The third kappa shape index (κ3) is 2.70. The van der Waals surface area contributed by atoms with Crippen molar-refractivity contribution in [3.63, 3.8) is 0 Å². The van der Waals surface area contributed by atoms with Gasteiger partial charge in [0.25, 0.3) is 0 Å². The number of halogens is 5. The Hall–Kier alpha value is -1.39. The van der Waals surface area contributed by atoms with Gasteiger partial charge in [-0.3, -0.25) is 0 Å². The molecule has 0 spiro atoms. The Morgan fingerprint density at radius 2 is 1.81 bits per heavy atom. The van der Waals surface area contributed by atoms with Crippen molar-refractivity contribution in [2.45, 2.75) is 18.6 Å². The van der Waals surface area contributed by atoms with Crippen LogP contribution in [0.3, 0.4) is 0 Å². The van der Waals surface area contributed by atoms with E-state index < -0.39 is 11.7 Å². The van der Waals surface area contributed by atoms with Gasteiger partial charge in [-0.2, -0.15) is 13.2 Å². The van der Waals surface area contributed by atoms with Crippen LogP contribution in [0.25, 0.3) is 0 Å². The first-order valence-electron chi connectivity index (χ1n) is 6.27. The molecule has 2 aromatic rings. The fraction of sp³-hybridized carbons (Fsp3) is 0.200. The minimum Gasteiger partial charge on any atom is -0.377 e. The van der Waals surface area contributed by atoms with Crippen LogP contribution in [-0.2, 0) is 12.6 Å². The Labute approximate surface area is 129 Å². The van der Waals surface area contributed by atoms with Gasteiger partial charge in [0, 0.05) is 0 Å². The van der Waals surface area contributed by atoms with Gasteiger partial charge in [-0.25, -0.2) is 0 Å². The van der Waals surface area contributed by atoms with Crippen molar-refractivity contribution >= 4 is 28.9 Å². The maximum atomic E-state index is 13.0. The Kier molecular flexibility index (Phi) is 3.54. The summed E-state index contributed by atoms with van der Waals surface area (Å²) in [5.41, 5.74) is 0.984. The van der Waals surface area contributed by atoms with Crippen LogP contribution >= 0.6 is 23.2 Å². The second-order valence-electron chi connectivity index (χ2n) is 4.91. The van der Waals surface area contributed by atoms with E-state index in [4.69, 9.17) is 23.2 Å². The summed E-state index contributed by atoms with van der Waals surface area (Å²) in [5, 5.41) is 3.77. The number of nitrogens with one attached hydrogen (secondary N) is 1.